The van der Waals surface area contributed by atoms with Crippen molar-refractivity contribution in [3.05, 3.63) is 41.5 Å². The normalized spacial score (nSPS) is 12.8. The fraction of sp³-hybridized carbons (Fsp3) is 0.471. The Morgan fingerprint density at radius 1 is 1.32 bits per heavy atom. The van der Waals surface area contributed by atoms with E-state index in [4.69, 9.17) is 14.6 Å². The molecule has 0 aliphatic heterocycles. The summed E-state index contributed by atoms with van der Waals surface area (Å²) in [5, 5.41) is 18.8. The topological polar surface area (TPSA) is 76.0 Å². The summed E-state index contributed by atoms with van der Waals surface area (Å²) in [5.41, 5.74) is 1.35. The SMILES string of the molecule is CCOC(=O)/C(C)=C/CC[C@@H](O)c1ccc(OCCO)cc1. The minimum Gasteiger partial charge on any atom is -0.491 e. The molecule has 0 spiro atoms. The van der Waals surface area contributed by atoms with Crippen LogP contribution >= 0.6 is 0 Å². The van der Waals surface area contributed by atoms with E-state index in [1.54, 1.807) is 44.2 Å². The van der Waals surface area contributed by atoms with Crippen molar-refractivity contribution in [2.45, 2.75) is 32.8 Å². The van der Waals surface area contributed by atoms with Crippen LogP contribution in [0.15, 0.2) is 35.9 Å². The zero-order valence-electron chi connectivity index (χ0n) is 13.1. The standard InChI is InChI=1S/C17H24O5/c1-3-21-17(20)13(2)5-4-6-16(19)14-7-9-15(10-8-14)22-12-11-18/h5,7-10,16,18-19H,3-4,6,11-12H2,1-2H3/b13-5+/t16-/m1/s1. The Balaban J connectivity index is 2.46. The molecule has 0 fully saturated rings. The molecule has 22 heavy (non-hydrogen) atoms. The summed E-state index contributed by atoms with van der Waals surface area (Å²) >= 11 is 0. The Bertz CT molecular complexity index is 478. The smallest absolute Gasteiger partial charge is 0.333 e. The van der Waals surface area contributed by atoms with E-state index < -0.39 is 6.10 Å². The number of aliphatic hydroxyl groups is 2. The lowest BCUT2D eigenvalue weighted by Gasteiger charge is -2.11. The molecule has 1 aromatic carbocycles. The first-order chi connectivity index (χ1) is 10.6. The highest BCUT2D eigenvalue weighted by Crippen LogP contribution is 2.21. The van der Waals surface area contributed by atoms with Crippen LogP contribution in [0.4, 0.5) is 0 Å². The summed E-state index contributed by atoms with van der Waals surface area (Å²) in [6, 6.07) is 7.10. The summed E-state index contributed by atoms with van der Waals surface area (Å²) in [5.74, 6) is 0.338. The summed E-state index contributed by atoms with van der Waals surface area (Å²) in [7, 11) is 0. The minimum atomic E-state index is -0.599. The predicted molar refractivity (Wildman–Crippen MR) is 83.6 cm³/mol. The Labute approximate surface area is 131 Å². The number of allylic oxidation sites excluding steroid dienone is 1. The van der Waals surface area contributed by atoms with Crippen LogP contribution < -0.4 is 4.74 Å². The molecule has 1 rings (SSSR count). The van der Waals surface area contributed by atoms with Crippen molar-refractivity contribution in [1.82, 2.24) is 0 Å². The van der Waals surface area contributed by atoms with Crippen LogP contribution in [-0.2, 0) is 9.53 Å². The first kappa shape index (κ1) is 18.2. The van der Waals surface area contributed by atoms with Gasteiger partial charge in [-0.2, -0.15) is 0 Å². The number of hydrogen-bond acceptors (Lipinski definition) is 5. The van der Waals surface area contributed by atoms with Crippen LogP contribution in [0.25, 0.3) is 0 Å². The highest BCUT2D eigenvalue weighted by molar-refractivity contribution is 5.87. The Morgan fingerprint density at radius 2 is 2.00 bits per heavy atom. The molecule has 0 aliphatic rings. The average molecular weight is 308 g/mol. The van der Waals surface area contributed by atoms with E-state index in [0.29, 0.717) is 30.8 Å². The molecule has 5 heteroatoms. The van der Waals surface area contributed by atoms with E-state index in [1.807, 2.05) is 0 Å². The molecule has 5 nitrogen and oxygen atoms in total. The van der Waals surface area contributed by atoms with Crippen molar-refractivity contribution < 1.29 is 24.5 Å². The van der Waals surface area contributed by atoms with Crippen LogP contribution in [0.5, 0.6) is 5.75 Å². The lowest BCUT2D eigenvalue weighted by molar-refractivity contribution is -0.138. The second-order valence-electron chi connectivity index (χ2n) is 4.84. The quantitative estimate of drug-likeness (QED) is 0.541. The molecule has 0 aliphatic carbocycles. The molecule has 0 unspecified atom stereocenters. The van der Waals surface area contributed by atoms with Gasteiger partial charge in [0.2, 0.25) is 0 Å². The molecule has 0 aromatic heterocycles. The van der Waals surface area contributed by atoms with E-state index in [-0.39, 0.29) is 19.2 Å². The molecule has 0 saturated heterocycles. The molecule has 0 amide bonds. The van der Waals surface area contributed by atoms with Crippen molar-refractivity contribution in [3.63, 3.8) is 0 Å². The molecule has 1 aromatic rings. The van der Waals surface area contributed by atoms with Gasteiger partial charge in [-0.3, -0.25) is 0 Å². The van der Waals surface area contributed by atoms with Gasteiger partial charge >= 0.3 is 5.97 Å². The highest BCUT2D eigenvalue weighted by Gasteiger charge is 2.08. The van der Waals surface area contributed by atoms with Crippen LogP contribution in [0.3, 0.4) is 0 Å². The van der Waals surface area contributed by atoms with E-state index in [1.165, 1.54) is 0 Å². The van der Waals surface area contributed by atoms with Crippen LogP contribution in [0.2, 0.25) is 0 Å². The first-order valence-electron chi connectivity index (χ1n) is 7.44. The maximum atomic E-state index is 11.4. The lowest BCUT2D eigenvalue weighted by atomic mass is 10.0. The Morgan fingerprint density at radius 3 is 2.59 bits per heavy atom. The molecule has 0 saturated carbocycles. The average Bonchev–Trinajstić information content (AvgIpc) is 2.53. The number of hydrogen-bond donors (Lipinski definition) is 2. The van der Waals surface area contributed by atoms with E-state index in [0.717, 1.165) is 5.56 Å². The van der Waals surface area contributed by atoms with Crippen molar-refractivity contribution in [1.29, 1.82) is 0 Å². The highest BCUT2D eigenvalue weighted by atomic mass is 16.5. The number of ether oxygens (including phenoxy) is 2. The molecule has 0 radical (unpaired) electrons. The monoisotopic (exact) mass is 308 g/mol. The van der Waals surface area contributed by atoms with E-state index in [2.05, 4.69) is 0 Å². The second-order valence-corrected chi connectivity index (χ2v) is 4.84. The maximum Gasteiger partial charge on any atom is 0.333 e. The predicted octanol–water partition coefficient (Wildman–Crippen LogP) is 2.38. The van der Waals surface area contributed by atoms with Crippen LogP contribution in [-0.4, -0.2) is 36.0 Å². The number of carbonyl (C=O) groups is 1. The molecular weight excluding hydrogens is 284 g/mol. The first-order valence-corrected chi connectivity index (χ1v) is 7.44. The van der Waals surface area contributed by atoms with Gasteiger partial charge in [0.15, 0.2) is 0 Å². The number of esters is 1. The number of benzene rings is 1. The summed E-state index contributed by atoms with van der Waals surface area (Å²) in [6.07, 6.45) is 2.29. The Kier molecular flexibility index (Phi) is 8.25. The van der Waals surface area contributed by atoms with Crippen molar-refractivity contribution in [2.24, 2.45) is 0 Å². The molecule has 1 atom stereocenters. The fourth-order valence-corrected chi connectivity index (χ4v) is 1.90. The van der Waals surface area contributed by atoms with Gasteiger partial charge in [-0.25, -0.2) is 4.79 Å². The number of aliphatic hydroxyl groups excluding tert-OH is 2. The molecular formula is C17H24O5. The zero-order valence-corrected chi connectivity index (χ0v) is 13.1. The summed E-state index contributed by atoms with van der Waals surface area (Å²) < 4.78 is 10.1. The third kappa shape index (κ3) is 6.28. The van der Waals surface area contributed by atoms with Gasteiger partial charge in [0, 0.05) is 5.57 Å². The van der Waals surface area contributed by atoms with Crippen LogP contribution in [0.1, 0.15) is 38.4 Å². The minimum absolute atomic E-state index is 0.0312. The lowest BCUT2D eigenvalue weighted by Crippen LogP contribution is -2.05. The van der Waals surface area contributed by atoms with Gasteiger partial charge in [0.1, 0.15) is 12.4 Å². The third-order valence-electron chi connectivity index (χ3n) is 3.11. The largest absolute Gasteiger partial charge is 0.491 e. The van der Waals surface area contributed by atoms with Crippen molar-refractivity contribution in [2.75, 3.05) is 19.8 Å². The van der Waals surface area contributed by atoms with Gasteiger partial charge in [0.05, 0.1) is 19.3 Å². The van der Waals surface area contributed by atoms with Gasteiger partial charge < -0.3 is 19.7 Å². The van der Waals surface area contributed by atoms with Crippen molar-refractivity contribution >= 4 is 5.97 Å². The van der Waals surface area contributed by atoms with Gasteiger partial charge in [-0.15, -0.1) is 0 Å². The molecule has 0 heterocycles. The van der Waals surface area contributed by atoms with Crippen LogP contribution in [0, 0.1) is 0 Å². The summed E-state index contributed by atoms with van der Waals surface area (Å²) in [6.45, 7) is 4.05. The molecule has 122 valence electrons. The fourth-order valence-electron chi connectivity index (χ4n) is 1.90. The van der Waals surface area contributed by atoms with Crippen molar-refractivity contribution in [3.8, 4) is 5.75 Å². The number of carbonyl (C=O) groups excluding carboxylic acids is 1. The van der Waals surface area contributed by atoms with E-state index in [9.17, 15) is 9.90 Å². The maximum absolute atomic E-state index is 11.4. The molecule has 2 N–H and O–H groups in total. The number of rotatable bonds is 9. The Hall–Kier alpha value is -1.85. The summed E-state index contributed by atoms with van der Waals surface area (Å²) in [4.78, 5) is 11.4. The van der Waals surface area contributed by atoms with Gasteiger partial charge in [0.25, 0.3) is 0 Å². The molecule has 0 bridgehead atoms. The second kappa shape index (κ2) is 9.97. The third-order valence-corrected chi connectivity index (χ3v) is 3.11. The van der Waals surface area contributed by atoms with Gasteiger partial charge in [-0.05, 0) is 44.4 Å². The zero-order chi connectivity index (χ0) is 16.4. The van der Waals surface area contributed by atoms with Gasteiger partial charge in [-0.1, -0.05) is 18.2 Å². The van der Waals surface area contributed by atoms with E-state index >= 15 is 0 Å².